The summed E-state index contributed by atoms with van der Waals surface area (Å²) in [5.74, 6) is 0.687. The highest BCUT2D eigenvalue weighted by Gasteiger charge is 2.25. The first kappa shape index (κ1) is 11.3. The number of aromatic nitrogens is 2. The van der Waals surface area contributed by atoms with Crippen LogP contribution in [0.1, 0.15) is 50.8 Å². The summed E-state index contributed by atoms with van der Waals surface area (Å²) in [6, 6.07) is 6.92. The van der Waals surface area contributed by atoms with E-state index in [4.69, 9.17) is 5.10 Å². The van der Waals surface area contributed by atoms with E-state index >= 15 is 0 Å². The summed E-state index contributed by atoms with van der Waals surface area (Å²) in [4.78, 5) is 0. The molecule has 1 heterocycles. The number of benzene rings is 1. The highest BCUT2D eigenvalue weighted by molar-refractivity contribution is 9.10. The second-order valence-electron chi connectivity index (χ2n) is 5.21. The van der Waals surface area contributed by atoms with Gasteiger partial charge in [0.1, 0.15) is 0 Å². The first-order valence-corrected chi connectivity index (χ1v) is 7.14. The second kappa shape index (κ2) is 4.13. The zero-order chi connectivity index (χ0) is 12.0. The molecule has 0 N–H and O–H groups in total. The van der Waals surface area contributed by atoms with Gasteiger partial charge in [-0.15, -0.1) is 0 Å². The second-order valence-corrected chi connectivity index (χ2v) is 6.13. The maximum absolute atomic E-state index is 4.85. The summed E-state index contributed by atoms with van der Waals surface area (Å²) in [6.07, 6.45) is 3.96. The van der Waals surface area contributed by atoms with Gasteiger partial charge in [-0.25, -0.2) is 0 Å². The maximum Gasteiger partial charge on any atom is 0.0734 e. The molecule has 0 aliphatic heterocycles. The minimum absolute atomic E-state index is 0.424. The molecule has 0 atom stereocenters. The Hall–Kier alpha value is -0.830. The average Bonchev–Trinajstić information content (AvgIpc) is 2.55. The van der Waals surface area contributed by atoms with Gasteiger partial charge >= 0.3 is 0 Å². The van der Waals surface area contributed by atoms with E-state index in [1.165, 1.54) is 35.9 Å². The number of hydrogen-bond acceptors (Lipinski definition) is 1. The Kier molecular flexibility index (Phi) is 2.74. The van der Waals surface area contributed by atoms with Crippen LogP contribution in [0.25, 0.3) is 10.9 Å². The number of fused-ring (bicyclic) bond motifs is 1. The number of halogens is 1. The van der Waals surface area contributed by atoms with Crippen LogP contribution in [0, 0.1) is 0 Å². The van der Waals surface area contributed by atoms with Crippen molar-refractivity contribution in [3.63, 3.8) is 0 Å². The van der Waals surface area contributed by atoms with Crippen molar-refractivity contribution in [3.05, 3.63) is 28.4 Å². The summed E-state index contributed by atoms with van der Waals surface area (Å²) in [6.45, 7) is 4.39. The van der Waals surface area contributed by atoms with E-state index in [2.05, 4.69) is 52.7 Å². The van der Waals surface area contributed by atoms with Gasteiger partial charge in [0.05, 0.1) is 11.2 Å². The van der Waals surface area contributed by atoms with Crippen LogP contribution in [-0.2, 0) is 0 Å². The summed E-state index contributed by atoms with van der Waals surface area (Å²) >= 11 is 3.56. The lowest BCUT2D eigenvalue weighted by Crippen LogP contribution is -2.11. The molecular weight excluding hydrogens is 276 g/mol. The van der Waals surface area contributed by atoms with Crippen LogP contribution < -0.4 is 0 Å². The van der Waals surface area contributed by atoms with E-state index in [1.807, 2.05) is 0 Å². The van der Waals surface area contributed by atoms with Crippen molar-refractivity contribution < 1.29 is 0 Å². The smallest absolute Gasteiger partial charge is 0.0734 e. The van der Waals surface area contributed by atoms with Gasteiger partial charge in [0.15, 0.2) is 0 Å². The Balaban J connectivity index is 2.22. The fraction of sp³-hybridized carbons (Fsp3) is 0.500. The molecule has 1 saturated carbocycles. The van der Waals surface area contributed by atoms with Gasteiger partial charge in [0.2, 0.25) is 0 Å². The van der Waals surface area contributed by atoms with E-state index in [0.717, 1.165) is 4.47 Å². The molecular formula is C14H17BrN2. The molecule has 0 saturated heterocycles. The lowest BCUT2D eigenvalue weighted by atomic mass is 9.82. The third-order valence-electron chi connectivity index (χ3n) is 3.68. The Bertz CT molecular complexity index is 553. The SMILES string of the molecule is CC(C)n1nc(C2CCC2)c2cc(Br)ccc21. The summed E-state index contributed by atoms with van der Waals surface area (Å²) in [5.41, 5.74) is 2.58. The van der Waals surface area contributed by atoms with E-state index in [0.29, 0.717) is 12.0 Å². The largest absolute Gasteiger partial charge is 0.262 e. The van der Waals surface area contributed by atoms with Crippen molar-refractivity contribution in [2.24, 2.45) is 0 Å². The minimum Gasteiger partial charge on any atom is -0.262 e. The van der Waals surface area contributed by atoms with Crippen LogP contribution in [0.15, 0.2) is 22.7 Å². The van der Waals surface area contributed by atoms with Gasteiger partial charge in [-0.3, -0.25) is 4.68 Å². The molecule has 1 fully saturated rings. The zero-order valence-electron chi connectivity index (χ0n) is 10.3. The molecule has 0 radical (unpaired) electrons. The van der Waals surface area contributed by atoms with Gasteiger partial charge < -0.3 is 0 Å². The third kappa shape index (κ3) is 1.81. The molecule has 90 valence electrons. The quantitative estimate of drug-likeness (QED) is 0.788. The van der Waals surface area contributed by atoms with Gasteiger partial charge in [0, 0.05) is 21.8 Å². The molecule has 2 nitrogen and oxygen atoms in total. The number of hydrogen-bond donors (Lipinski definition) is 0. The zero-order valence-corrected chi connectivity index (χ0v) is 11.9. The van der Waals surface area contributed by atoms with E-state index in [9.17, 15) is 0 Å². The van der Waals surface area contributed by atoms with E-state index < -0.39 is 0 Å². The van der Waals surface area contributed by atoms with Crippen LogP contribution in [0.3, 0.4) is 0 Å². The first-order valence-electron chi connectivity index (χ1n) is 6.34. The normalized spacial score (nSPS) is 16.7. The van der Waals surface area contributed by atoms with Crippen LogP contribution in [0.2, 0.25) is 0 Å². The topological polar surface area (TPSA) is 17.8 Å². The first-order chi connectivity index (χ1) is 8.16. The summed E-state index contributed by atoms with van der Waals surface area (Å²) in [7, 11) is 0. The Morgan fingerprint density at radius 1 is 1.35 bits per heavy atom. The van der Waals surface area contributed by atoms with Gasteiger partial charge in [-0.2, -0.15) is 5.10 Å². The highest BCUT2D eigenvalue weighted by Crippen LogP contribution is 2.40. The van der Waals surface area contributed by atoms with Crippen LogP contribution in [0.4, 0.5) is 0 Å². The molecule has 1 aliphatic carbocycles. The van der Waals surface area contributed by atoms with Gasteiger partial charge in [0.25, 0.3) is 0 Å². The molecule has 0 spiro atoms. The molecule has 0 amide bonds. The molecule has 3 heteroatoms. The average molecular weight is 293 g/mol. The molecule has 0 bridgehead atoms. The molecule has 1 aliphatic rings. The Morgan fingerprint density at radius 3 is 2.71 bits per heavy atom. The van der Waals surface area contributed by atoms with Crippen molar-refractivity contribution in [1.82, 2.24) is 9.78 Å². The number of rotatable bonds is 2. The molecule has 1 aromatic carbocycles. The predicted molar refractivity (Wildman–Crippen MR) is 74.4 cm³/mol. The highest BCUT2D eigenvalue weighted by atomic mass is 79.9. The number of nitrogens with zero attached hydrogens (tertiary/aromatic N) is 2. The molecule has 2 aromatic rings. The third-order valence-corrected chi connectivity index (χ3v) is 4.17. The molecule has 3 rings (SSSR count). The monoisotopic (exact) mass is 292 g/mol. The lowest BCUT2D eigenvalue weighted by molar-refractivity contribution is 0.404. The summed E-state index contributed by atoms with van der Waals surface area (Å²) in [5, 5.41) is 6.18. The predicted octanol–water partition coefficient (Wildman–Crippen LogP) is 4.65. The molecule has 1 aromatic heterocycles. The van der Waals surface area contributed by atoms with Gasteiger partial charge in [-0.1, -0.05) is 22.4 Å². The van der Waals surface area contributed by atoms with E-state index in [-0.39, 0.29) is 0 Å². The Labute approximate surface area is 110 Å². The Morgan fingerprint density at radius 2 is 2.12 bits per heavy atom. The van der Waals surface area contributed by atoms with Crippen LogP contribution in [0.5, 0.6) is 0 Å². The van der Waals surface area contributed by atoms with Crippen molar-refractivity contribution in [2.45, 2.75) is 45.1 Å². The fourth-order valence-corrected chi connectivity index (χ4v) is 2.87. The standard InChI is InChI=1S/C14H17BrN2/c1-9(2)17-13-7-6-11(15)8-12(13)14(16-17)10-4-3-5-10/h6-10H,3-5H2,1-2H3. The summed E-state index contributed by atoms with van der Waals surface area (Å²) < 4.78 is 3.31. The van der Waals surface area contributed by atoms with Gasteiger partial charge in [-0.05, 0) is 44.9 Å². The maximum atomic E-state index is 4.85. The minimum atomic E-state index is 0.424. The van der Waals surface area contributed by atoms with Crippen LogP contribution >= 0.6 is 15.9 Å². The molecule has 0 unspecified atom stereocenters. The fourth-order valence-electron chi connectivity index (χ4n) is 2.51. The van der Waals surface area contributed by atoms with E-state index in [1.54, 1.807) is 0 Å². The van der Waals surface area contributed by atoms with Crippen molar-refractivity contribution in [1.29, 1.82) is 0 Å². The molecule has 17 heavy (non-hydrogen) atoms. The van der Waals surface area contributed by atoms with Crippen molar-refractivity contribution >= 4 is 26.8 Å². The van der Waals surface area contributed by atoms with Crippen molar-refractivity contribution in [2.75, 3.05) is 0 Å². The van der Waals surface area contributed by atoms with Crippen LogP contribution in [-0.4, -0.2) is 9.78 Å². The lowest BCUT2D eigenvalue weighted by Gasteiger charge is -2.23. The van der Waals surface area contributed by atoms with Crippen molar-refractivity contribution in [3.8, 4) is 0 Å².